The molecule has 50 heavy (non-hydrogen) atoms. The van der Waals surface area contributed by atoms with E-state index >= 15 is 0 Å². The third-order valence-electron chi connectivity index (χ3n) is 10.4. The van der Waals surface area contributed by atoms with E-state index in [1.807, 2.05) is 0 Å². The van der Waals surface area contributed by atoms with Crippen LogP contribution < -0.4 is 0 Å². The predicted octanol–water partition coefficient (Wildman–Crippen LogP) is 14.4. The first-order valence-corrected chi connectivity index (χ1v) is 25.1. The van der Waals surface area contributed by atoms with Gasteiger partial charge in [-0.2, -0.15) is 0 Å². The van der Waals surface area contributed by atoms with Crippen LogP contribution in [0, 0.1) is 0 Å². The second kappa shape index (κ2) is 31.4. The van der Waals surface area contributed by atoms with Gasteiger partial charge in [0.15, 0.2) is 0 Å². The summed E-state index contributed by atoms with van der Waals surface area (Å²) in [5, 5.41) is 0. The van der Waals surface area contributed by atoms with Crippen LogP contribution in [0.3, 0.4) is 0 Å². The van der Waals surface area contributed by atoms with Crippen LogP contribution in [0.2, 0.25) is 4.22 Å². The van der Waals surface area contributed by atoms with Crippen molar-refractivity contribution < 1.29 is 40.4 Å². The number of hydrogen-bond acceptors (Lipinski definition) is 6. The zero-order chi connectivity index (χ0) is 37.4. The van der Waals surface area contributed by atoms with E-state index in [9.17, 15) is 17.7 Å². The van der Waals surface area contributed by atoms with Crippen molar-refractivity contribution in [1.82, 2.24) is 0 Å². The van der Waals surface area contributed by atoms with Crippen molar-refractivity contribution in [1.29, 1.82) is 0 Å². The molecule has 294 valence electrons. The molecule has 0 aromatic carbocycles. The van der Waals surface area contributed by atoms with Crippen molar-refractivity contribution >= 4 is 16.0 Å². The minimum atomic E-state index is -6.43. The van der Waals surface area contributed by atoms with E-state index in [1.54, 1.807) is 13.8 Å². The van der Waals surface area contributed by atoms with Gasteiger partial charge in [-0.25, -0.2) is 0 Å². The maximum absolute atomic E-state index is 14.7. The third kappa shape index (κ3) is 23.4. The molecule has 0 aliphatic heterocycles. The summed E-state index contributed by atoms with van der Waals surface area (Å²) in [4.78, 5) is 39.3. The van der Waals surface area contributed by atoms with Gasteiger partial charge in [-0.05, 0) is 0 Å². The molecule has 7 heteroatoms. The first-order chi connectivity index (χ1) is 24.0. The molecule has 0 unspecified atom stereocenters. The van der Waals surface area contributed by atoms with Crippen LogP contribution in [-0.4, -0.2) is 16.0 Å². The summed E-state index contributed by atoms with van der Waals surface area (Å²) in [6, 6.07) is 0. The number of rotatable bonds is 37. The second-order valence-electron chi connectivity index (χ2n) is 15.7. The van der Waals surface area contributed by atoms with Crippen LogP contribution in [0.4, 0.5) is 0 Å². The van der Waals surface area contributed by atoms with Crippen LogP contribution in [-0.2, 0) is 40.4 Å². The number of hydrogen-bond donors (Lipinski definition) is 0. The predicted molar refractivity (Wildman–Crippen MR) is 207 cm³/mol. The van der Waals surface area contributed by atoms with Crippen LogP contribution in [0.25, 0.3) is 0 Å². The molecule has 0 radical (unpaired) electrons. The van der Waals surface area contributed by atoms with Gasteiger partial charge in [-0.1, -0.05) is 84.5 Å². The van der Waals surface area contributed by atoms with Gasteiger partial charge in [0, 0.05) is 0 Å². The van der Waals surface area contributed by atoms with Crippen molar-refractivity contribution in [3.63, 3.8) is 0 Å². The fourth-order valence-electron chi connectivity index (χ4n) is 6.74. The van der Waals surface area contributed by atoms with Crippen LogP contribution >= 0.6 is 0 Å². The summed E-state index contributed by atoms with van der Waals surface area (Å²) in [6.07, 6.45) is 36.3. The van der Waals surface area contributed by atoms with E-state index in [0.717, 1.165) is 38.5 Å². The molecular formula is C43H82O6Ti. The topological polar surface area (TPSA) is 86.7 Å². The maximum atomic E-state index is 14.7. The zero-order valence-corrected chi connectivity index (χ0v) is 35.4. The fraction of sp³-hybridized carbons (Fsp3) is 0.884. The van der Waals surface area contributed by atoms with Crippen molar-refractivity contribution in [2.24, 2.45) is 0 Å². The minimum absolute atomic E-state index is 0.0210. The SMILES string of the molecule is C=C(C)C(=O)[O][Ti](=[O])([O]C(=O)CCCCCCCCCCCCCCCCC)([C](=O)CCCCCCCCCCCCCCCCC)[CH](C)C. The van der Waals surface area contributed by atoms with E-state index in [4.69, 9.17) is 6.64 Å². The van der Waals surface area contributed by atoms with Crippen molar-refractivity contribution in [3.8, 4) is 0 Å². The summed E-state index contributed by atoms with van der Waals surface area (Å²) in [5.41, 5.74) is 0.0234. The molecule has 0 N–H and O–H groups in total. The molecule has 0 aliphatic carbocycles. The van der Waals surface area contributed by atoms with E-state index in [0.29, 0.717) is 12.8 Å². The molecule has 0 atom stereocenters. The molecular weight excluding hydrogens is 660 g/mol. The average molecular weight is 743 g/mol. The Balaban J connectivity index is 4.52. The molecule has 0 heterocycles. The van der Waals surface area contributed by atoms with Crippen molar-refractivity contribution in [2.45, 2.75) is 244 Å². The molecule has 0 amide bonds. The Morgan fingerprint density at radius 2 is 0.760 bits per heavy atom. The number of carbonyl (C=O) groups is 3. The fourth-order valence-corrected chi connectivity index (χ4v) is 11.5. The van der Waals surface area contributed by atoms with Gasteiger partial charge in [-0.15, -0.1) is 0 Å². The molecule has 0 rings (SSSR count). The Labute approximate surface area is 311 Å². The Bertz CT molecular complexity index is 957. The van der Waals surface area contributed by atoms with E-state index in [-0.39, 0.29) is 18.4 Å². The van der Waals surface area contributed by atoms with E-state index < -0.39 is 36.3 Å². The summed E-state index contributed by atoms with van der Waals surface area (Å²) in [5.74, 6) is -1.64. The van der Waals surface area contributed by atoms with Crippen molar-refractivity contribution in [3.05, 3.63) is 12.2 Å². The van der Waals surface area contributed by atoms with Crippen molar-refractivity contribution in [2.75, 3.05) is 0 Å². The molecule has 6 nitrogen and oxygen atoms in total. The first-order valence-electron chi connectivity index (χ1n) is 21.6. The first kappa shape index (κ1) is 48.9. The monoisotopic (exact) mass is 743 g/mol. The standard InChI is InChI=1S/C18H36O2.C18H35O.C4H6O2.C3H7.O.Ti/c1-2-3-4-5-6-7-8-9-10-11-12-13-14-15-16-17-18(19)20;1-2-3-4-5-6-7-8-9-10-11-12-13-14-15-16-17-18-19;1-3(2)4(5)6;1-3-2;;/h2-17H2,1H3,(H,19,20);2-17H2,1H3;1H2,2H3,(H,5,6);3H,1-2H3;;/q;;;;;+2/p-2. The van der Waals surface area contributed by atoms with Gasteiger partial charge in [-0.3, -0.25) is 0 Å². The normalized spacial score (nSPS) is 12.0. The molecule has 0 saturated heterocycles. The molecule has 0 aromatic rings. The molecule has 0 bridgehead atoms. The van der Waals surface area contributed by atoms with Gasteiger partial charge in [0.2, 0.25) is 0 Å². The summed E-state index contributed by atoms with van der Waals surface area (Å²) < 4.78 is 24.2. The second-order valence-corrected chi connectivity index (χ2v) is 22.3. The third-order valence-corrected chi connectivity index (χ3v) is 17.4. The molecule has 0 fully saturated rings. The number of unbranched alkanes of at least 4 members (excludes halogenated alkanes) is 28. The van der Waals surface area contributed by atoms with Gasteiger partial charge >= 0.3 is 228 Å². The number of carbonyl (C=O) groups excluding carboxylic acids is 3. The molecule has 0 aliphatic rings. The average Bonchev–Trinajstić information content (AvgIpc) is 3.07. The Morgan fingerprint density at radius 1 is 0.480 bits per heavy atom. The van der Waals surface area contributed by atoms with Gasteiger partial charge in [0.1, 0.15) is 0 Å². The molecule has 0 spiro atoms. The van der Waals surface area contributed by atoms with Gasteiger partial charge in [0.25, 0.3) is 0 Å². The zero-order valence-electron chi connectivity index (χ0n) is 33.9. The Kier molecular flexibility index (Phi) is 30.7. The van der Waals surface area contributed by atoms with Crippen LogP contribution in [0.1, 0.15) is 240 Å². The quantitative estimate of drug-likeness (QED) is 0.0358. The summed E-state index contributed by atoms with van der Waals surface area (Å²) in [7, 11) is 0. The molecule has 0 saturated carbocycles. The van der Waals surface area contributed by atoms with E-state index in [2.05, 4.69) is 20.4 Å². The van der Waals surface area contributed by atoms with Gasteiger partial charge < -0.3 is 0 Å². The summed E-state index contributed by atoms with van der Waals surface area (Å²) >= 11 is -6.43. The summed E-state index contributed by atoms with van der Waals surface area (Å²) in [6.45, 7) is 12.7. The van der Waals surface area contributed by atoms with Crippen LogP contribution in [0.15, 0.2) is 12.2 Å². The Hall–Kier alpha value is -1.14. The Morgan fingerprint density at radius 3 is 1.04 bits per heavy atom. The van der Waals surface area contributed by atoms with E-state index in [1.165, 1.54) is 148 Å². The van der Waals surface area contributed by atoms with Crippen LogP contribution in [0.5, 0.6) is 0 Å². The van der Waals surface area contributed by atoms with Gasteiger partial charge in [0.05, 0.1) is 0 Å². The molecule has 0 aromatic heterocycles.